The largest absolute Gasteiger partial charge is 0.495 e. The lowest BCUT2D eigenvalue weighted by atomic mass is 10.2. The van der Waals surface area contributed by atoms with E-state index in [1.165, 1.54) is 31.4 Å². The molecule has 2 rings (SSSR count). The van der Waals surface area contributed by atoms with Gasteiger partial charge in [0.15, 0.2) is 0 Å². The van der Waals surface area contributed by atoms with Gasteiger partial charge in [0.25, 0.3) is 5.69 Å². The third kappa shape index (κ3) is 4.08. The second-order valence-corrected chi connectivity index (χ2v) is 4.71. The molecule has 0 unspecified atom stereocenters. The van der Waals surface area contributed by atoms with Crippen molar-refractivity contribution in [2.75, 3.05) is 17.7 Å². The molecule has 2 aromatic rings. The lowest BCUT2D eigenvalue weighted by Crippen LogP contribution is -2.29. The first-order valence-corrected chi connectivity index (χ1v) is 6.90. The molecule has 0 aliphatic rings. The van der Waals surface area contributed by atoms with Crippen molar-refractivity contribution in [2.45, 2.75) is 0 Å². The molecule has 25 heavy (non-hydrogen) atoms. The lowest BCUT2D eigenvalue weighted by molar-refractivity contribution is -0.384. The van der Waals surface area contributed by atoms with Gasteiger partial charge in [0.05, 0.1) is 29.0 Å². The maximum absolute atomic E-state index is 12.0. The van der Waals surface area contributed by atoms with Crippen molar-refractivity contribution in [1.82, 2.24) is 0 Å². The van der Waals surface area contributed by atoms with Crippen molar-refractivity contribution >= 4 is 28.9 Å². The Balaban J connectivity index is 2.19. The van der Waals surface area contributed by atoms with E-state index in [9.17, 15) is 19.7 Å². The highest BCUT2D eigenvalue weighted by atomic mass is 16.6. The summed E-state index contributed by atoms with van der Waals surface area (Å²) < 4.78 is 5.00. The van der Waals surface area contributed by atoms with Crippen LogP contribution in [0.1, 0.15) is 5.56 Å². The maximum atomic E-state index is 12.0. The average Bonchev–Trinajstić information content (AvgIpc) is 2.61. The van der Waals surface area contributed by atoms with Crippen molar-refractivity contribution in [3.63, 3.8) is 0 Å². The molecular formula is C16H12N4O5. The Morgan fingerprint density at radius 3 is 2.36 bits per heavy atom. The van der Waals surface area contributed by atoms with Gasteiger partial charge in [-0.05, 0) is 18.2 Å². The highest BCUT2D eigenvalue weighted by Crippen LogP contribution is 2.28. The van der Waals surface area contributed by atoms with Crippen molar-refractivity contribution in [2.24, 2.45) is 0 Å². The third-order valence-electron chi connectivity index (χ3n) is 3.14. The number of nitro groups is 1. The number of methoxy groups -OCH3 is 1. The molecular weight excluding hydrogens is 328 g/mol. The van der Waals surface area contributed by atoms with Crippen molar-refractivity contribution in [1.29, 1.82) is 5.26 Å². The first kappa shape index (κ1) is 17.4. The van der Waals surface area contributed by atoms with Crippen LogP contribution in [0, 0.1) is 21.4 Å². The number of nitrogens with zero attached hydrogens (tertiary/aromatic N) is 2. The Morgan fingerprint density at radius 2 is 1.76 bits per heavy atom. The lowest BCUT2D eigenvalue weighted by Gasteiger charge is -2.10. The molecule has 0 aliphatic heterocycles. The fraction of sp³-hybridized carbons (Fsp3) is 0.0625. The van der Waals surface area contributed by atoms with Gasteiger partial charge in [0.1, 0.15) is 11.8 Å². The fourth-order valence-electron chi connectivity index (χ4n) is 1.95. The van der Waals surface area contributed by atoms with Crippen LogP contribution < -0.4 is 15.4 Å². The van der Waals surface area contributed by atoms with Gasteiger partial charge in [-0.1, -0.05) is 12.1 Å². The Kier molecular flexibility index (Phi) is 5.27. The quantitative estimate of drug-likeness (QED) is 0.497. The molecule has 2 amide bonds. The van der Waals surface area contributed by atoms with Gasteiger partial charge in [-0.25, -0.2) is 0 Å². The van der Waals surface area contributed by atoms with Gasteiger partial charge >= 0.3 is 11.8 Å². The molecule has 9 heteroatoms. The number of hydrogen-bond acceptors (Lipinski definition) is 6. The number of nitrogens with one attached hydrogen (secondary N) is 2. The number of rotatable bonds is 4. The van der Waals surface area contributed by atoms with Gasteiger partial charge in [0.2, 0.25) is 0 Å². The van der Waals surface area contributed by atoms with E-state index in [1.807, 2.05) is 6.07 Å². The molecule has 0 aromatic heterocycles. The Labute approximate surface area is 142 Å². The normalized spacial score (nSPS) is 9.60. The third-order valence-corrected chi connectivity index (χ3v) is 3.14. The topological polar surface area (TPSA) is 134 Å². The molecule has 0 saturated carbocycles. The zero-order valence-electron chi connectivity index (χ0n) is 13.0. The molecule has 2 aromatic carbocycles. The van der Waals surface area contributed by atoms with E-state index in [2.05, 4.69) is 10.6 Å². The molecule has 0 atom stereocenters. The van der Waals surface area contributed by atoms with Crippen LogP contribution in [0.5, 0.6) is 5.75 Å². The number of anilines is 2. The number of carbonyl (C=O) groups excluding carboxylic acids is 2. The minimum Gasteiger partial charge on any atom is -0.495 e. The smallest absolute Gasteiger partial charge is 0.314 e. The number of carbonyl (C=O) groups is 2. The zero-order valence-corrected chi connectivity index (χ0v) is 13.0. The number of nitro benzene ring substituents is 1. The van der Waals surface area contributed by atoms with Gasteiger partial charge in [-0.3, -0.25) is 19.7 Å². The van der Waals surface area contributed by atoms with Crippen LogP contribution in [0.3, 0.4) is 0 Å². The Morgan fingerprint density at radius 1 is 1.12 bits per heavy atom. The minimum absolute atomic E-state index is 0.0228. The molecule has 0 saturated heterocycles. The predicted octanol–water partition coefficient (Wildman–Crippen LogP) is 2.05. The molecule has 0 radical (unpaired) electrons. The van der Waals surface area contributed by atoms with E-state index in [1.54, 1.807) is 12.1 Å². The maximum Gasteiger partial charge on any atom is 0.314 e. The Hall–Kier alpha value is -3.93. The van der Waals surface area contributed by atoms with Gasteiger partial charge in [-0.2, -0.15) is 5.26 Å². The Bertz CT molecular complexity index is 888. The van der Waals surface area contributed by atoms with Crippen molar-refractivity contribution in [3.8, 4) is 11.8 Å². The molecule has 0 aliphatic carbocycles. The van der Waals surface area contributed by atoms with Crippen LogP contribution in [0.15, 0.2) is 42.5 Å². The van der Waals surface area contributed by atoms with Crippen LogP contribution in [0.2, 0.25) is 0 Å². The molecule has 0 heterocycles. The van der Waals surface area contributed by atoms with E-state index >= 15 is 0 Å². The number of benzene rings is 2. The highest BCUT2D eigenvalue weighted by Gasteiger charge is 2.19. The van der Waals surface area contributed by atoms with Gasteiger partial charge in [0, 0.05) is 12.1 Å². The van der Waals surface area contributed by atoms with Crippen LogP contribution in [0.25, 0.3) is 0 Å². The average molecular weight is 340 g/mol. The van der Waals surface area contributed by atoms with E-state index < -0.39 is 16.7 Å². The molecule has 0 spiro atoms. The second kappa shape index (κ2) is 7.56. The van der Waals surface area contributed by atoms with E-state index in [4.69, 9.17) is 10.00 Å². The summed E-state index contributed by atoms with van der Waals surface area (Å²) in [5.41, 5.74) is 0.0736. The standard InChI is InChI=1S/C16H12N4O5/c1-25-14-7-6-11(20(23)24)8-13(14)19-16(22)15(21)18-12-5-3-2-4-10(12)9-17/h2-8H,1H3,(H,18,21)(H,19,22). The summed E-state index contributed by atoms with van der Waals surface area (Å²) in [4.78, 5) is 34.2. The van der Waals surface area contributed by atoms with E-state index in [0.717, 1.165) is 6.07 Å². The summed E-state index contributed by atoms with van der Waals surface area (Å²) in [6.07, 6.45) is 0. The number of non-ortho nitro benzene ring substituents is 1. The summed E-state index contributed by atoms with van der Waals surface area (Å²) >= 11 is 0. The minimum atomic E-state index is -1.06. The number of para-hydroxylation sites is 1. The fourth-order valence-corrected chi connectivity index (χ4v) is 1.95. The number of amides is 2. The predicted molar refractivity (Wildman–Crippen MR) is 88.1 cm³/mol. The van der Waals surface area contributed by atoms with Crippen molar-refractivity contribution < 1.29 is 19.2 Å². The SMILES string of the molecule is COc1ccc([N+](=O)[O-])cc1NC(=O)C(=O)Nc1ccccc1C#N. The first-order valence-electron chi connectivity index (χ1n) is 6.90. The van der Waals surface area contributed by atoms with Gasteiger partial charge < -0.3 is 15.4 Å². The van der Waals surface area contributed by atoms with Crippen LogP contribution in [-0.4, -0.2) is 23.8 Å². The summed E-state index contributed by atoms with van der Waals surface area (Å²) in [5, 5.41) is 24.4. The first-order chi connectivity index (χ1) is 12.0. The number of nitriles is 1. The molecule has 9 nitrogen and oxygen atoms in total. The molecule has 126 valence electrons. The van der Waals surface area contributed by atoms with Crippen LogP contribution >= 0.6 is 0 Å². The van der Waals surface area contributed by atoms with Crippen LogP contribution in [-0.2, 0) is 9.59 Å². The van der Waals surface area contributed by atoms with Crippen LogP contribution in [0.4, 0.5) is 17.1 Å². The summed E-state index contributed by atoms with van der Waals surface area (Å²) in [7, 11) is 1.32. The van der Waals surface area contributed by atoms with Crippen molar-refractivity contribution in [3.05, 3.63) is 58.1 Å². The number of hydrogen-bond donors (Lipinski definition) is 2. The summed E-state index contributed by atoms with van der Waals surface area (Å²) in [5.74, 6) is -1.94. The highest BCUT2D eigenvalue weighted by molar-refractivity contribution is 6.43. The molecule has 0 fully saturated rings. The second-order valence-electron chi connectivity index (χ2n) is 4.71. The molecule has 2 N–H and O–H groups in total. The number of ether oxygens (including phenoxy) is 1. The van der Waals surface area contributed by atoms with E-state index in [-0.39, 0.29) is 28.4 Å². The zero-order chi connectivity index (χ0) is 18.4. The van der Waals surface area contributed by atoms with Gasteiger partial charge in [-0.15, -0.1) is 0 Å². The van der Waals surface area contributed by atoms with E-state index in [0.29, 0.717) is 0 Å². The molecule has 0 bridgehead atoms. The monoisotopic (exact) mass is 340 g/mol. The summed E-state index contributed by atoms with van der Waals surface area (Å²) in [6, 6.07) is 11.6. The summed E-state index contributed by atoms with van der Waals surface area (Å²) in [6.45, 7) is 0.